The second-order valence-corrected chi connectivity index (χ2v) is 4.09. The van der Waals surface area contributed by atoms with Crippen LogP contribution in [0.15, 0.2) is 6.07 Å². The Kier molecular flexibility index (Phi) is 3.93. The number of aryl methyl sites for hydroxylation is 2. The predicted molar refractivity (Wildman–Crippen MR) is 63.7 cm³/mol. The molecule has 90 valence electrons. The lowest BCUT2D eigenvalue weighted by atomic mass is 10.3. The molecule has 2 heterocycles. The number of hydrogen-bond acceptors (Lipinski definition) is 3. The van der Waals surface area contributed by atoms with Crippen molar-refractivity contribution in [3.8, 4) is 0 Å². The van der Waals surface area contributed by atoms with Crippen LogP contribution in [0.25, 0.3) is 0 Å². The van der Waals surface area contributed by atoms with Crippen LogP contribution in [0.3, 0.4) is 0 Å². The largest absolute Gasteiger partial charge is 0.336 e. The monoisotopic (exact) mass is 244 g/mol. The van der Waals surface area contributed by atoms with E-state index in [9.17, 15) is 4.79 Å². The molecule has 2 rings (SSSR count). The molecule has 1 aromatic rings. The van der Waals surface area contributed by atoms with Crippen LogP contribution in [0.5, 0.6) is 0 Å². The number of amides is 1. The van der Waals surface area contributed by atoms with Crippen LogP contribution in [-0.4, -0.2) is 39.7 Å². The summed E-state index contributed by atoms with van der Waals surface area (Å²) < 4.78 is 1.71. The summed E-state index contributed by atoms with van der Waals surface area (Å²) >= 11 is 0. The van der Waals surface area contributed by atoms with E-state index in [0.29, 0.717) is 12.2 Å². The lowest BCUT2D eigenvalue weighted by Gasteiger charge is -2.13. The van der Waals surface area contributed by atoms with Crippen molar-refractivity contribution in [3.05, 3.63) is 17.5 Å². The summed E-state index contributed by atoms with van der Waals surface area (Å²) in [5.74, 6) is -0.00773. The molecule has 1 aliphatic rings. The fourth-order valence-corrected chi connectivity index (χ4v) is 1.80. The van der Waals surface area contributed by atoms with Crippen LogP contribution in [-0.2, 0) is 7.05 Å². The molecule has 6 heteroatoms. The molecule has 2 N–H and O–H groups in total. The van der Waals surface area contributed by atoms with Crippen LogP contribution in [0.2, 0.25) is 0 Å². The average molecular weight is 245 g/mol. The van der Waals surface area contributed by atoms with Gasteiger partial charge < -0.3 is 10.6 Å². The Morgan fingerprint density at radius 3 is 2.75 bits per heavy atom. The van der Waals surface area contributed by atoms with E-state index in [-0.39, 0.29) is 24.4 Å². The molecular formula is C10H17ClN4O. The molecule has 1 fully saturated rings. The lowest BCUT2D eigenvalue weighted by molar-refractivity contribution is 0.0784. The number of likely N-dealkylation sites (tertiary alicyclic amines) is 1. The van der Waals surface area contributed by atoms with Crippen LogP contribution in [0.4, 0.5) is 0 Å². The summed E-state index contributed by atoms with van der Waals surface area (Å²) in [6, 6.07) is 1.94. The summed E-state index contributed by atoms with van der Waals surface area (Å²) in [6.07, 6.45) is 0.886. The number of aromatic nitrogens is 2. The number of rotatable bonds is 1. The molecule has 1 atom stereocenters. The molecule has 0 saturated carbocycles. The minimum absolute atomic E-state index is 0. The zero-order valence-electron chi connectivity index (χ0n) is 9.51. The van der Waals surface area contributed by atoms with Gasteiger partial charge in [-0.25, -0.2) is 0 Å². The highest BCUT2D eigenvalue weighted by Gasteiger charge is 2.26. The maximum Gasteiger partial charge on any atom is 0.274 e. The van der Waals surface area contributed by atoms with Crippen molar-refractivity contribution < 1.29 is 4.79 Å². The third kappa shape index (κ3) is 2.36. The molecule has 0 spiro atoms. The molecule has 1 amide bonds. The van der Waals surface area contributed by atoms with E-state index < -0.39 is 0 Å². The Balaban J connectivity index is 0.00000128. The molecule has 0 radical (unpaired) electrons. The Bertz CT molecular complexity index is 371. The average Bonchev–Trinajstić information content (AvgIpc) is 2.74. The van der Waals surface area contributed by atoms with E-state index in [1.807, 2.05) is 20.0 Å². The number of nitrogens with zero attached hydrogens (tertiary/aromatic N) is 3. The van der Waals surface area contributed by atoms with E-state index >= 15 is 0 Å². The molecule has 1 aliphatic heterocycles. The SMILES string of the molecule is Cc1cc(C(=O)N2CCC(N)C2)nn1C.Cl. The third-order valence-electron chi connectivity index (χ3n) is 2.84. The molecule has 0 aromatic carbocycles. The van der Waals surface area contributed by atoms with Crippen molar-refractivity contribution in [2.75, 3.05) is 13.1 Å². The first-order valence-electron chi connectivity index (χ1n) is 5.13. The van der Waals surface area contributed by atoms with Gasteiger partial charge in [-0.1, -0.05) is 0 Å². The maximum atomic E-state index is 12.0. The van der Waals surface area contributed by atoms with Crippen LogP contribution >= 0.6 is 12.4 Å². The van der Waals surface area contributed by atoms with Gasteiger partial charge in [0.05, 0.1) is 0 Å². The molecule has 5 nitrogen and oxygen atoms in total. The highest BCUT2D eigenvalue weighted by atomic mass is 35.5. The quantitative estimate of drug-likeness (QED) is 0.774. The van der Waals surface area contributed by atoms with Crippen molar-refractivity contribution in [2.24, 2.45) is 12.8 Å². The smallest absolute Gasteiger partial charge is 0.274 e. The van der Waals surface area contributed by atoms with Crippen molar-refractivity contribution in [1.29, 1.82) is 0 Å². The van der Waals surface area contributed by atoms with Gasteiger partial charge in [0.25, 0.3) is 5.91 Å². The van der Waals surface area contributed by atoms with E-state index in [2.05, 4.69) is 5.10 Å². The molecule has 1 unspecified atom stereocenters. The highest BCUT2D eigenvalue weighted by Crippen LogP contribution is 2.12. The Morgan fingerprint density at radius 1 is 1.62 bits per heavy atom. The van der Waals surface area contributed by atoms with Gasteiger partial charge in [-0.05, 0) is 19.4 Å². The van der Waals surface area contributed by atoms with Crippen molar-refractivity contribution in [2.45, 2.75) is 19.4 Å². The van der Waals surface area contributed by atoms with E-state index in [0.717, 1.165) is 18.7 Å². The molecule has 16 heavy (non-hydrogen) atoms. The molecule has 1 saturated heterocycles. The zero-order valence-corrected chi connectivity index (χ0v) is 10.3. The normalized spacial score (nSPS) is 19.7. The van der Waals surface area contributed by atoms with Gasteiger partial charge in [0, 0.05) is 31.9 Å². The second kappa shape index (κ2) is 4.84. The number of halogens is 1. The van der Waals surface area contributed by atoms with Gasteiger partial charge in [0.15, 0.2) is 5.69 Å². The van der Waals surface area contributed by atoms with Gasteiger partial charge in [-0.2, -0.15) is 5.10 Å². The van der Waals surface area contributed by atoms with Crippen LogP contribution < -0.4 is 5.73 Å². The molecular weight excluding hydrogens is 228 g/mol. The van der Waals surface area contributed by atoms with Gasteiger partial charge >= 0.3 is 0 Å². The van der Waals surface area contributed by atoms with E-state index in [4.69, 9.17) is 5.73 Å². The topological polar surface area (TPSA) is 64.2 Å². The molecule has 1 aromatic heterocycles. The summed E-state index contributed by atoms with van der Waals surface area (Å²) in [5, 5.41) is 4.16. The van der Waals surface area contributed by atoms with Crippen LogP contribution in [0.1, 0.15) is 22.6 Å². The number of nitrogens with two attached hydrogens (primary N) is 1. The summed E-state index contributed by atoms with van der Waals surface area (Å²) in [5.41, 5.74) is 7.26. The van der Waals surface area contributed by atoms with E-state index in [1.165, 1.54) is 0 Å². The first kappa shape index (κ1) is 13.0. The number of carbonyl (C=O) groups is 1. The fraction of sp³-hybridized carbons (Fsp3) is 0.600. The summed E-state index contributed by atoms with van der Waals surface area (Å²) in [6.45, 7) is 3.32. The number of carbonyl (C=O) groups excluding carboxylic acids is 1. The number of hydrogen-bond donors (Lipinski definition) is 1. The van der Waals surface area contributed by atoms with Gasteiger partial charge in [0.1, 0.15) is 0 Å². The standard InChI is InChI=1S/C10H16N4O.ClH/c1-7-5-9(12-13(7)2)10(15)14-4-3-8(11)6-14;/h5,8H,3-4,6,11H2,1-2H3;1H. The van der Waals surface area contributed by atoms with Crippen molar-refractivity contribution in [3.63, 3.8) is 0 Å². The first-order chi connectivity index (χ1) is 7.08. The third-order valence-corrected chi connectivity index (χ3v) is 2.84. The van der Waals surface area contributed by atoms with E-state index in [1.54, 1.807) is 9.58 Å². The molecule has 0 bridgehead atoms. The van der Waals surface area contributed by atoms with Crippen molar-refractivity contribution in [1.82, 2.24) is 14.7 Å². The Hall–Kier alpha value is -1.07. The van der Waals surface area contributed by atoms with Gasteiger partial charge in [-0.15, -0.1) is 12.4 Å². The summed E-state index contributed by atoms with van der Waals surface area (Å²) in [4.78, 5) is 13.7. The lowest BCUT2D eigenvalue weighted by Crippen LogP contribution is -2.32. The minimum atomic E-state index is -0.00773. The maximum absolute atomic E-state index is 12.0. The van der Waals surface area contributed by atoms with Crippen LogP contribution in [0, 0.1) is 6.92 Å². The zero-order chi connectivity index (χ0) is 11.0. The summed E-state index contributed by atoms with van der Waals surface area (Å²) in [7, 11) is 1.84. The highest BCUT2D eigenvalue weighted by molar-refractivity contribution is 5.92. The predicted octanol–water partition coefficient (Wildman–Crippen LogP) is 0.324. The fourth-order valence-electron chi connectivity index (χ4n) is 1.80. The van der Waals surface area contributed by atoms with Crippen molar-refractivity contribution >= 4 is 18.3 Å². The van der Waals surface area contributed by atoms with Gasteiger partial charge in [-0.3, -0.25) is 9.48 Å². The Labute approximate surface area is 101 Å². The second-order valence-electron chi connectivity index (χ2n) is 4.09. The first-order valence-corrected chi connectivity index (χ1v) is 5.13. The minimum Gasteiger partial charge on any atom is -0.336 e. The van der Waals surface area contributed by atoms with Gasteiger partial charge in [0.2, 0.25) is 0 Å². The Morgan fingerprint density at radius 2 is 2.31 bits per heavy atom. The molecule has 0 aliphatic carbocycles.